The van der Waals surface area contributed by atoms with E-state index in [2.05, 4.69) is 24.1 Å². The van der Waals surface area contributed by atoms with Crippen LogP contribution in [-0.2, 0) is 18.8 Å². The number of nitrogens with one attached hydrogen (secondary N) is 1. The van der Waals surface area contributed by atoms with Crippen LogP contribution in [0.2, 0.25) is 0 Å². The molecule has 1 aliphatic rings. The van der Waals surface area contributed by atoms with Crippen molar-refractivity contribution in [3.63, 3.8) is 0 Å². The lowest BCUT2D eigenvalue weighted by Gasteiger charge is -2.30. The van der Waals surface area contributed by atoms with Crippen LogP contribution in [0.3, 0.4) is 0 Å². The molecule has 1 aliphatic carbocycles. The Bertz CT molecular complexity index is 1270. The van der Waals surface area contributed by atoms with Gasteiger partial charge in [-0.2, -0.15) is 13.2 Å². The number of hydrogen-bond donors (Lipinski definition) is 2. The van der Waals surface area contributed by atoms with Crippen molar-refractivity contribution in [2.24, 2.45) is 18.9 Å². The number of fused-ring (bicyclic) bond motifs is 1. The maximum atomic E-state index is 13.1. The van der Waals surface area contributed by atoms with Gasteiger partial charge in [0, 0.05) is 24.2 Å². The maximum absolute atomic E-state index is 13.1. The zero-order valence-corrected chi connectivity index (χ0v) is 21.3. The van der Waals surface area contributed by atoms with Crippen LogP contribution in [0.15, 0.2) is 30.3 Å². The molecule has 9 heteroatoms. The first kappa shape index (κ1) is 26.1. The summed E-state index contributed by atoms with van der Waals surface area (Å²) in [6, 6.07) is 6.66. The molecule has 2 N–H and O–H groups in total. The summed E-state index contributed by atoms with van der Waals surface area (Å²) in [6.07, 6.45) is -0.225. The van der Waals surface area contributed by atoms with Crippen LogP contribution >= 0.6 is 0 Å². The van der Waals surface area contributed by atoms with Gasteiger partial charge in [-0.1, -0.05) is 19.9 Å². The Morgan fingerprint density at radius 2 is 1.78 bits per heavy atom. The fourth-order valence-corrected chi connectivity index (χ4v) is 5.18. The molecule has 0 saturated heterocycles. The lowest BCUT2D eigenvalue weighted by Crippen LogP contribution is -2.22. The Kier molecular flexibility index (Phi) is 6.90. The quantitative estimate of drug-likeness (QED) is 0.423. The second kappa shape index (κ2) is 9.50. The predicted octanol–water partition coefficient (Wildman–Crippen LogP) is 6.40. The molecule has 194 valence electrons. The summed E-state index contributed by atoms with van der Waals surface area (Å²) in [5, 5.41) is 13.5. The Hall–Kier alpha value is -2.94. The molecule has 4 rings (SSSR count). The number of carbonyl (C=O) groups excluding carboxylic acids is 1. The normalized spacial score (nSPS) is 19.2. The van der Waals surface area contributed by atoms with Crippen LogP contribution in [-0.4, -0.2) is 25.5 Å². The Morgan fingerprint density at radius 1 is 1.11 bits per heavy atom. The average Bonchev–Trinajstić information content (AvgIpc) is 3.13. The molecule has 0 aliphatic heterocycles. The number of nitrogens with zero attached hydrogens (tertiary/aromatic N) is 3. The number of aryl methyl sites for hydroxylation is 1. The van der Waals surface area contributed by atoms with E-state index in [1.807, 2.05) is 11.6 Å². The summed E-state index contributed by atoms with van der Waals surface area (Å²) in [5.41, 5.74) is -0.635. The minimum atomic E-state index is -4.66. The minimum Gasteiger partial charge on any atom is -0.386 e. The molecule has 2 heterocycles. The molecular weight excluding hydrogens is 469 g/mol. The number of hydrogen-bond acceptors (Lipinski definition) is 4. The molecule has 3 aromatic rings. The topological polar surface area (TPSA) is 80.0 Å². The van der Waals surface area contributed by atoms with Crippen LogP contribution < -0.4 is 5.32 Å². The second-order valence-electron chi connectivity index (χ2n) is 10.7. The van der Waals surface area contributed by atoms with Crippen LogP contribution in [0.1, 0.15) is 86.9 Å². The van der Waals surface area contributed by atoms with Crippen molar-refractivity contribution in [1.29, 1.82) is 0 Å². The molecule has 0 spiro atoms. The molecular formula is C27H33F3N4O2. The number of rotatable bonds is 5. The standard InChI is InChI=1S/C27H33F3N4O2/c1-15(2)16-9-11-17(12-10-16)24-32-21-13-18(26(3,4)36)20(14-22(21)34(24)5)33-25(35)19-7-6-8-23(31-19)27(28,29)30/h6-8,13-17,36H,9-12H2,1-5H3,(H,33,35)/t16-,17-. The third-order valence-corrected chi connectivity index (χ3v) is 7.31. The van der Waals surface area contributed by atoms with Gasteiger partial charge in [-0.15, -0.1) is 0 Å². The van der Waals surface area contributed by atoms with E-state index in [0.717, 1.165) is 55.1 Å². The van der Waals surface area contributed by atoms with Crippen molar-refractivity contribution >= 4 is 22.6 Å². The van der Waals surface area contributed by atoms with Gasteiger partial charge in [0.25, 0.3) is 5.91 Å². The van der Waals surface area contributed by atoms with Crippen molar-refractivity contribution in [3.8, 4) is 0 Å². The van der Waals surface area contributed by atoms with E-state index in [9.17, 15) is 23.1 Å². The fraction of sp³-hybridized carbons (Fsp3) is 0.519. The molecule has 1 amide bonds. The van der Waals surface area contributed by atoms with Crippen molar-refractivity contribution in [3.05, 3.63) is 53.1 Å². The number of anilines is 1. The second-order valence-corrected chi connectivity index (χ2v) is 10.7. The fourth-order valence-electron chi connectivity index (χ4n) is 5.18. The molecule has 1 aromatic carbocycles. The number of pyridine rings is 1. The summed E-state index contributed by atoms with van der Waals surface area (Å²) < 4.78 is 41.2. The number of imidazole rings is 1. The van der Waals surface area contributed by atoms with Gasteiger partial charge in [-0.3, -0.25) is 4.79 Å². The van der Waals surface area contributed by atoms with E-state index in [1.165, 1.54) is 6.07 Å². The van der Waals surface area contributed by atoms with Crippen molar-refractivity contribution < 1.29 is 23.1 Å². The molecule has 6 nitrogen and oxygen atoms in total. The van der Waals surface area contributed by atoms with Crippen LogP contribution in [0.5, 0.6) is 0 Å². The molecule has 1 saturated carbocycles. The molecule has 0 radical (unpaired) electrons. The first-order valence-electron chi connectivity index (χ1n) is 12.3. The first-order valence-corrected chi connectivity index (χ1v) is 12.3. The van der Waals surface area contributed by atoms with Gasteiger partial charge in [-0.25, -0.2) is 9.97 Å². The Morgan fingerprint density at radius 3 is 2.36 bits per heavy atom. The zero-order chi connectivity index (χ0) is 26.4. The van der Waals surface area contributed by atoms with Crippen molar-refractivity contribution in [1.82, 2.24) is 14.5 Å². The average molecular weight is 503 g/mol. The monoisotopic (exact) mass is 502 g/mol. The highest BCUT2D eigenvalue weighted by Gasteiger charge is 2.33. The summed E-state index contributed by atoms with van der Waals surface area (Å²) in [5.74, 6) is 1.90. The van der Waals surface area contributed by atoms with Gasteiger partial charge in [0.15, 0.2) is 0 Å². The van der Waals surface area contributed by atoms with Gasteiger partial charge in [0.05, 0.1) is 16.6 Å². The van der Waals surface area contributed by atoms with E-state index in [4.69, 9.17) is 4.98 Å². The first-order chi connectivity index (χ1) is 16.8. The van der Waals surface area contributed by atoms with Crippen LogP contribution in [0.25, 0.3) is 11.0 Å². The van der Waals surface area contributed by atoms with E-state index >= 15 is 0 Å². The van der Waals surface area contributed by atoms with E-state index < -0.39 is 23.4 Å². The molecule has 2 aromatic heterocycles. The van der Waals surface area contributed by atoms with E-state index in [1.54, 1.807) is 26.0 Å². The molecule has 0 bridgehead atoms. The van der Waals surface area contributed by atoms with Gasteiger partial charge in [-0.05, 0) is 75.6 Å². The summed E-state index contributed by atoms with van der Waals surface area (Å²) in [4.78, 5) is 21.3. The summed E-state index contributed by atoms with van der Waals surface area (Å²) in [6.45, 7) is 7.71. The third kappa shape index (κ3) is 5.26. The van der Waals surface area contributed by atoms with Gasteiger partial charge in [0.1, 0.15) is 17.2 Å². The Balaban J connectivity index is 1.69. The highest BCUT2D eigenvalue weighted by atomic mass is 19.4. The number of alkyl halides is 3. The highest BCUT2D eigenvalue weighted by molar-refractivity contribution is 6.04. The van der Waals surface area contributed by atoms with E-state index in [-0.39, 0.29) is 5.69 Å². The molecule has 0 atom stereocenters. The van der Waals surface area contributed by atoms with Gasteiger partial charge < -0.3 is 15.0 Å². The van der Waals surface area contributed by atoms with Crippen LogP contribution in [0, 0.1) is 11.8 Å². The molecule has 1 fully saturated rings. The predicted molar refractivity (Wildman–Crippen MR) is 133 cm³/mol. The molecule has 36 heavy (non-hydrogen) atoms. The summed E-state index contributed by atoms with van der Waals surface area (Å²) in [7, 11) is 1.93. The number of aliphatic hydroxyl groups is 1. The number of amides is 1. The molecule has 0 unspecified atom stereocenters. The minimum absolute atomic E-state index is 0.303. The zero-order valence-electron chi connectivity index (χ0n) is 21.3. The smallest absolute Gasteiger partial charge is 0.386 e. The number of aromatic nitrogens is 3. The maximum Gasteiger partial charge on any atom is 0.433 e. The lowest BCUT2D eigenvalue weighted by molar-refractivity contribution is -0.141. The lowest BCUT2D eigenvalue weighted by atomic mass is 9.77. The highest BCUT2D eigenvalue weighted by Crippen LogP contribution is 2.40. The van der Waals surface area contributed by atoms with E-state index in [0.29, 0.717) is 28.6 Å². The summed E-state index contributed by atoms with van der Waals surface area (Å²) >= 11 is 0. The number of halogens is 3. The number of benzene rings is 1. The van der Waals surface area contributed by atoms with Gasteiger partial charge >= 0.3 is 6.18 Å². The van der Waals surface area contributed by atoms with Crippen molar-refractivity contribution in [2.75, 3.05) is 5.32 Å². The van der Waals surface area contributed by atoms with Crippen LogP contribution in [0.4, 0.5) is 18.9 Å². The SMILES string of the molecule is CC(C)[C@H]1CC[C@H](c2nc3cc(C(C)(C)O)c(NC(=O)c4cccc(C(F)(F)F)n4)cc3n2C)CC1. The largest absolute Gasteiger partial charge is 0.433 e. The Labute approximate surface area is 208 Å². The van der Waals surface area contributed by atoms with Crippen molar-refractivity contribution in [2.45, 2.75) is 71.1 Å². The number of carbonyl (C=O) groups is 1. The van der Waals surface area contributed by atoms with Gasteiger partial charge in [0.2, 0.25) is 0 Å². The third-order valence-electron chi connectivity index (χ3n) is 7.31.